The fourth-order valence-electron chi connectivity index (χ4n) is 5.76. The molecular weight excluding hydrogens is 468 g/mol. The summed E-state index contributed by atoms with van der Waals surface area (Å²) < 4.78 is 22.0. The number of carbonyl (C=O) groups excluding carboxylic acids is 1. The van der Waals surface area contributed by atoms with Crippen molar-refractivity contribution in [2.75, 3.05) is 47.6 Å². The van der Waals surface area contributed by atoms with E-state index in [-0.39, 0.29) is 5.97 Å². The predicted molar refractivity (Wildman–Crippen MR) is 144 cm³/mol. The molecule has 0 spiro atoms. The average molecular weight is 509 g/mol. The number of hydrogen-bond acceptors (Lipinski definition) is 7. The molecule has 0 amide bonds. The Labute approximate surface area is 220 Å². The van der Waals surface area contributed by atoms with Gasteiger partial charge in [-0.1, -0.05) is 30.9 Å². The van der Waals surface area contributed by atoms with Gasteiger partial charge in [0, 0.05) is 44.2 Å². The fraction of sp³-hybridized carbons (Fsp3) is 0.500. The quantitative estimate of drug-likeness (QED) is 0.328. The van der Waals surface area contributed by atoms with Gasteiger partial charge in [0.05, 0.1) is 21.3 Å². The molecular formula is C30H40N2O5. The zero-order valence-corrected chi connectivity index (χ0v) is 22.4. The van der Waals surface area contributed by atoms with Gasteiger partial charge in [-0.15, -0.1) is 0 Å². The second-order valence-electron chi connectivity index (χ2n) is 9.87. The molecule has 2 aliphatic heterocycles. The van der Waals surface area contributed by atoms with Crippen LogP contribution in [-0.2, 0) is 29.0 Å². The molecule has 1 fully saturated rings. The summed E-state index contributed by atoms with van der Waals surface area (Å²) in [4.78, 5) is 17.2. The van der Waals surface area contributed by atoms with Gasteiger partial charge in [0.15, 0.2) is 11.5 Å². The molecule has 200 valence electrons. The third-order valence-corrected chi connectivity index (χ3v) is 7.66. The van der Waals surface area contributed by atoms with Crippen LogP contribution >= 0.6 is 0 Å². The molecule has 7 heteroatoms. The van der Waals surface area contributed by atoms with Crippen molar-refractivity contribution in [3.63, 3.8) is 0 Å². The molecule has 1 saturated heterocycles. The van der Waals surface area contributed by atoms with Crippen LogP contribution in [0.25, 0.3) is 0 Å². The normalized spacial score (nSPS) is 20.1. The van der Waals surface area contributed by atoms with Crippen molar-refractivity contribution in [1.82, 2.24) is 9.80 Å². The fourth-order valence-corrected chi connectivity index (χ4v) is 5.76. The Morgan fingerprint density at radius 3 is 2.54 bits per heavy atom. The number of benzene rings is 2. The Morgan fingerprint density at radius 2 is 1.81 bits per heavy atom. The summed E-state index contributed by atoms with van der Waals surface area (Å²) >= 11 is 0. The highest BCUT2D eigenvalue weighted by Crippen LogP contribution is 2.36. The van der Waals surface area contributed by atoms with E-state index >= 15 is 0 Å². The molecule has 2 aliphatic rings. The largest absolute Gasteiger partial charge is 0.493 e. The monoisotopic (exact) mass is 508 g/mol. The molecule has 0 radical (unpaired) electrons. The maximum absolute atomic E-state index is 12.0. The van der Waals surface area contributed by atoms with Gasteiger partial charge in [0.2, 0.25) is 0 Å². The molecule has 0 aromatic heterocycles. The highest BCUT2D eigenvalue weighted by atomic mass is 16.5. The number of fused-ring (bicyclic) bond motifs is 1. The summed E-state index contributed by atoms with van der Waals surface area (Å²) in [7, 11) is 4.84. The second-order valence-corrected chi connectivity index (χ2v) is 9.87. The molecule has 2 heterocycles. The number of piperidine rings is 1. The number of rotatable bonds is 11. The van der Waals surface area contributed by atoms with Gasteiger partial charge in [-0.25, -0.2) is 0 Å². The van der Waals surface area contributed by atoms with Crippen LogP contribution in [0.2, 0.25) is 0 Å². The molecule has 0 unspecified atom stereocenters. The molecule has 2 aromatic carbocycles. The lowest BCUT2D eigenvalue weighted by Gasteiger charge is -2.45. The molecule has 37 heavy (non-hydrogen) atoms. The zero-order chi connectivity index (χ0) is 26.2. The lowest BCUT2D eigenvalue weighted by atomic mass is 9.85. The Hall–Kier alpha value is -3.03. The molecule has 2 atom stereocenters. The first-order valence-corrected chi connectivity index (χ1v) is 13.1. The first kappa shape index (κ1) is 27.0. The van der Waals surface area contributed by atoms with Gasteiger partial charge in [-0.2, -0.15) is 0 Å². The standard InChI is InChI=1S/C30H40N2O5/c1-5-16-37-27-9-7-6-8-24(27)20-31-14-13-26(23(19-31)10-11-30(33)36-4)32-15-12-22-17-28(34-2)29(35-3)18-25(22)21-32/h5-9,17-18,23,26H,1,10-16,19-21H2,2-4H3/t23-,26+/m1/s1. The number of methoxy groups -OCH3 is 3. The smallest absolute Gasteiger partial charge is 0.305 e. The van der Waals surface area contributed by atoms with E-state index in [9.17, 15) is 4.79 Å². The highest BCUT2D eigenvalue weighted by molar-refractivity contribution is 5.69. The van der Waals surface area contributed by atoms with E-state index in [4.69, 9.17) is 18.9 Å². The minimum atomic E-state index is -0.139. The third kappa shape index (κ3) is 6.65. The SMILES string of the molecule is C=CCOc1ccccc1CN1CC[C@H](N2CCc3cc(OC)c(OC)cc3C2)[C@H](CCC(=O)OC)C1. The predicted octanol–water partition coefficient (Wildman–Crippen LogP) is 4.47. The van der Waals surface area contributed by atoms with E-state index in [0.29, 0.717) is 25.0 Å². The summed E-state index contributed by atoms with van der Waals surface area (Å²) in [6, 6.07) is 12.9. The van der Waals surface area contributed by atoms with E-state index in [1.165, 1.54) is 23.8 Å². The van der Waals surface area contributed by atoms with Crippen molar-refractivity contribution in [2.24, 2.45) is 5.92 Å². The maximum atomic E-state index is 12.0. The molecule has 0 N–H and O–H groups in total. The molecule has 4 rings (SSSR count). The van der Waals surface area contributed by atoms with Crippen LogP contribution in [0.1, 0.15) is 36.0 Å². The molecule has 0 bridgehead atoms. The number of nitrogens with zero attached hydrogens (tertiary/aromatic N) is 2. The number of likely N-dealkylation sites (tertiary alicyclic amines) is 1. The molecule has 0 saturated carbocycles. The first-order valence-electron chi connectivity index (χ1n) is 13.1. The van der Waals surface area contributed by atoms with Crippen molar-refractivity contribution in [3.8, 4) is 17.2 Å². The van der Waals surface area contributed by atoms with Gasteiger partial charge in [-0.05, 0) is 61.1 Å². The van der Waals surface area contributed by atoms with Crippen molar-refractivity contribution in [1.29, 1.82) is 0 Å². The van der Waals surface area contributed by atoms with E-state index < -0.39 is 0 Å². The topological polar surface area (TPSA) is 60.5 Å². The number of ether oxygens (including phenoxy) is 4. The molecule has 7 nitrogen and oxygen atoms in total. The molecule has 2 aromatic rings. The Balaban J connectivity index is 1.49. The van der Waals surface area contributed by atoms with Crippen molar-refractivity contribution < 1.29 is 23.7 Å². The zero-order valence-electron chi connectivity index (χ0n) is 22.4. The lowest BCUT2D eigenvalue weighted by molar-refractivity contribution is -0.141. The Morgan fingerprint density at radius 1 is 1.05 bits per heavy atom. The lowest BCUT2D eigenvalue weighted by Crippen LogP contribution is -2.52. The van der Waals surface area contributed by atoms with Gasteiger partial charge in [0.1, 0.15) is 12.4 Å². The van der Waals surface area contributed by atoms with Crippen LogP contribution in [0, 0.1) is 5.92 Å². The summed E-state index contributed by atoms with van der Waals surface area (Å²) in [6.07, 6.45) is 5.07. The number of hydrogen-bond donors (Lipinski definition) is 0. The van der Waals surface area contributed by atoms with Crippen LogP contribution in [0.15, 0.2) is 49.1 Å². The van der Waals surface area contributed by atoms with E-state index in [1.807, 2.05) is 12.1 Å². The summed E-state index contributed by atoms with van der Waals surface area (Å²) in [6.45, 7) is 8.91. The van der Waals surface area contributed by atoms with Crippen molar-refractivity contribution >= 4 is 5.97 Å². The summed E-state index contributed by atoms with van der Waals surface area (Å²) in [5.41, 5.74) is 3.81. The molecule has 0 aliphatic carbocycles. The van der Waals surface area contributed by atoms with Crippen molar-refractivity contribution in [3.05, 3.63) is 65.7 Å². The van der Waals surface area contributed by atoms with Crippen LogP contribution in [0.4, 0.5) is 0 Å². The summed E-state index contributed by atoms with van der Waals surface area (Å²) in [5, 5.41) is 0. The third-order valence-electron chi connectivity index (χ3n) is 7.66. The highest BCUT2D eigenvalue weighted by Gasteiger charge is 2.35. The number of para-hydroxylation sites is 1. The minimum absolute atomic E-state index is 0.139. The van der Waals surface area contributed by atoms with Gasteiger partial charge >= 0.3 is 5.97 Å². The first-order chi connectivity index (χ1) is 18.1. The second kappa shape index (κ2) is 13.0. The van der Waals surface area contributed by atoms with Gasteiger partial charge in [-0.3, -0.25) is 14.6 Å². The van der Waals surface area contributed by atoms with Crippen LogP contribution < -0.4 is 14.2 Å². The van der Waals surface area contributed by atoms with Crippen LogP contribution in [0.5, 0.6) is 17.2 Å². The van der Waals surface area contributed by atoms with Crippen LogP contribution in [-0.4, -0.2) is 69.4 Å². The minimum Gasteiger partial charge on any atom is -0.493 e. The summed E-state index contributed by atoms with van der Waals surface area (Å²) in [5.74, 6) is 2.71. The van der Waals surface area contributed by atoms with E-state index in [0.717, 1.165) is 69.2 Å². The van der Waals surface area contributed by atoms with Crippen LogP contribution in [0.3, 0.4) is 0 Å². The van der Waals surface area contributed by atoms with E-state index in [1.54, 1.807) is 20.3 Å². The maximum Gasteiger partial charge on any atom is 0.305 e. The van der Waals surface area contributed by atoms with E-state index in [2.05, 4.69) is 40.6 Å². The van der Waals surface area contributed by atoms with Gasteiger partial charge < -0.3 is 18.9 Å². The average Bonchev–Trinajstić information content (AvgIpc) is 2.94. The Kier molecular flexibility index (Phi) is 9.47. The number of esters is 1. The Bertz CT molecular complexity index is 1070. The van der Waals surface area contributed by atoms with Gasteiger partial charge in [0.25, 0.3) is 0 Å². The van der Waals surface area contributed by atoms with Crippen molar-refractivity contribution in [2.45, 2.75) is 44.8 Å². The number of carbonyl (C=O) groups is 1.